The highest BCUT2D eigenvalue weighted by atomic mass is 19.2. The molecule has 1 aliphatic heterocycles. The number of cyclic esters (lactones) is 1. The summed E-state index contributed by atoms with van der Waals surface area (Å²) in [6.07, 6.45) is 0.745. The molecule has 2 rings (SSSR count). The molecular formula is C12H12F2O2. The van der Waals surface area contributed by atoms with E-state index in [1.807, 2.05) is 6.92 Å². The van der Waals surface area contributed by atoms with Crippen molar-refractivity contribution in [2.45, 2.75) is 19.3 Å². The Hall–Kier alpha value is -1.45. The van der Waals surface area contributed by atoms with Crippen LogP contribution in [-0.2, 0) is 9.53 Å². The Bertz CT molecular complexity index is 417. The molecule has 1 aliphatic rings. The van der Waals surface area contributed by atoms with Crippen molar-refractivity contribution in [3.63, 3.8) is 0 Å². The summed E-state index contributed by atoms with van der Waals surface area (Å²) < 4.78 is 30.8. The van der Waals surface area contributed by atoms with E-state index in [4.69, 9.17) is 4.74 Å². The Morgan fingerprint density at radius 1 is 1.31 bits per heavy atom. The minimum atomic E-state index is -0.928. The number of benzene rings is 1. The molecule has 0 aromatic heterocycles. The molecule has 0 N–H and O–H groups in total. The van der Waals surface area contributed by atoms with E-state index in [0.29, 0.717) is 12.2 Å². The summed E-state index contributed by atoms with van der Waals surface area (Å²) in [6.45, 7) is 2.31. The predicted octanol–water partition coefficient (Wildman–Crippen LogP) is 2.63. The quantitative estimate of drug-likeness (QED) is 0.688. The number of esters is 1. The van der Waals surface area contributed by atoms with E-state index >= 15 is 0 Å². The molecule has 1 heterocycles. The molecule has 86 valence electrons. The predicted molar refractivity (Wildman–Crippen MR) is 53.8 cm³/mol. The minimum Gasteiger partial charge on any atom is -0.465 e. The van der Waals surface area contributed by atoms with Gasteiger partial charge in [-0.25, -0.2) is 8.78 Å². The molecule has 1 aromatic carbocycles. The zero-order valence-corrected chi connectivity index (χ0v) is 8.87. The van der Waals surface area contributed by atoms with Crippen LogP contribution in [0.1, 0.15) is 24.8 Å². The van der Waals surface area contributed by atoms with Crippen molar-refractivity contribution in [2.75, 3.05) is 6.61 Å². The standard InChI is InChI=1S/C12H12F2O2/c1-7-4-5-16-12(15)11(7)8-2-3-9(13)10(14)6-8/h2-3,6-7,11H,4-5H2,1H3. The van der Waals surface area contributed by atoms with Gasteiger partial charge < -0.3 is 4.74 Å². The van der Waals surface area contributed by atoms with Crippen LogP contribution in [0.4, 0.5) is 8.78 Å². The summed E-state index contributed by atoms with van der Waals surface area (Å²) in [4.78, 5) is 11.6. The lowest BCUT2D eigenvalue weighted by Gasteiger charge is -2.27. The molecule has 16 heavy (non-hydrogen) atoms. The Kier molecular flexibility index (Phi) is 2.90. The van der Waals surface area contributed by atoms with Gasteiger partial charge in [-0.1, -0.05) is 13.0 Å². The second-order valence-corrected chi connectivity index (χ2v) is 4.08. The Labute approximate surface area is 92.2 Å². The molecule has 1 aromatic rings. The van der Waals surface area contributed by atoms with Crippen LogP contribution in [0.2, 0.25) is 0 Å². The van der Waals surface area contributed by atoms with Gasteiger partial charge in [0.15, 0.2) is 11.6 Å². The van der Waals surface area contributed by atoms with E-state index in [9.17, 15) is 13.6 Å². The van der Waals surface area contributed by atoms with E-state index in [1.165, 1.54) is 6.07 Å². The summed E-state index contributed by atoms with van der Waals surface area (Å²) in [5.41, 5.74) is 0.483. The Morgan fingerprint density at radius 2 is 2.06 bits per heavy atom. The van der Waals surface area contributed by atoms with Crippen molar-refractivity contribution in [3.05, 3.63) is 35.4 Å². The maximum absolute atomic E-state index is 13.1. The smallest absolute Gasteiger partial charge is 0.313 e. The van der Waals surface area contributed by atoms with Crippen molar-refractivity contribution < 1.29 is 18.3 Å². The molecule has 2 unspecified atom stereocenters. The molecule has 0 spiro atoms. The van der Waals surface area contributed by atoms with Crippen LogP contribution in [0.15, 0.2) is 18.2 Å². The highest BCUT2D eigenvalue weighted by Crippen LogP contribution is 2.32. The average Bonchev–Trinajstić information content (AvgIpc) is 2.23. The fourth-order valence-corrected chi connectivity index (χ4v) is 2.00. The number of halogens is 2. The summed E-state index contributed by atoms with van der Waals surface area (Å²) in [5, 5.41) is 0. The van der Waals surface area contributed by atoms with Gasteiger partial charge in [0.2, 0.25) is 0 Å². The first-order chi connectivity index (χ1) is 7.59. The molecular weight excluding hydrogens is 214 g/mol. The van der Waals surface area contributed by atoms with Gasteiger partial charge in [0, 0.05) is 0 Å². The number of ether oxygens (including phenoxy) is 1. The van der Waals surface area contributed by atoms with Crippen LogP contribution in [0.3, 0.4) is 0 Å². The molecule has 1 fully saturated rings. The first kappa shape index (κ1) is 11.0. The van der Waals surface area contributed by atoms with Crippen molar-refractivity contribution in [1.82, 2.24) is 0 Å². The van der Waals surface area contributed by atoms with Crippen molar-refractivity contribution in [1.29, 1.82) is 0 Å². The lowest BCUT2D eigenvalue weighted by Crippen LogP contribution is -2.29. The van der Waals surface area contributed by atoms with E-state index in [-0.39, 0.29) is 11.9 Å². The van der Waals surface area contributed by atoms with Crippen LogP contribution in [-0.4, -0.2) is 12.6 Å². The number of carbonyl (C=O) groups excluding carboxylic acids is 1. The number of carbonyl (C=O) groups is 1. The zero-order chi connectivity index (χ0) is 11.7. The number of rotatable bonds is 1. The highest BCUT2D eigenvalue weighted by Gasteiger charge is 2.32. The van der Waals surface area contributed by atoms with E-state index in [2.05, 4.69) is 0 Å². The third kappa shape index (κ3) is 1.92. The third-order valence-electron chi connectivity index (χ3n) is 2.94. The Morgan fingerprint density at radius 3 is 2.69 bits per heavy atom. The summed E-state index contributed by atoms with van der Waals surface area (Å²) >= 11 is 0. The monoisotopic (exact) mass is 226 g/mol. The first-order valence-electron chi connectivity index (χ1n) is 5.21. The van der Waals surface area contributed by atoms with E-state index < -0.39 is 17.6 Å². The van der Waals surface area contributed by atoms with Crippen molar-refractivity contribution in [3.8, 4) is 0 Å². The molecule has 0 amide bonds. The topological polar surface area (TPSA) is 26.3 Å². The van der Waals surface area contributed by atoms with Gasteiger partial charge in [0.1, 0.15) is 0 Å². The van der Waals surface area contributed by atoms with Crippen LogP contribution < -0.4 is 0 Å². The minimum absolute atomic E-state index is 0.0890. The molecule has 2 nitrogen and oxygen atoms in total. The number of hydrogen-bond donors (Lipinski definition) is 0. The molecule has 0 aliphatic carbocycles. The third-order valence-corrected chi connectivity index (χ3v) is 2.94. The van der Waals surface area contributed by atoms with Gasteiger partial charge in [-0.15, -0.1) is 0 Å². The number of hydrogen-bond acceptors (Lipinski definition) is 2. The summed E-state index contributed by atoms with van der Waals surface area (Å²) in [6, 6.07) is 3.55. The van der Waals surface area contributed by atoms with Gasteiger partial charge in [0.05, 0.1) is 12.5 Å². The lowest BCUT2D eigenvalue weighted by molar-refractivity contribution is -0.151. The molecule has 0 radical (unpaired) electrons. The molecule has 0 saturated carbocycles. The lowest BCUT2D eigenvalue weighted by atomic mass is 9.84. The first-order valence-corrected chi connectivity index (χ1v) is 5.21. The fraction of sp³-hybridized carbons (Fsp3) is 0.417. The zero-order valence-electron chi connectivity index (χ0n) is 8.87. The van der Waals surface area contributed by atoms with E-state index in [1.54, 1.807) is 0 Å². The van der Waals surface area contributed by atoms with Crippen LogP contribution >= 0.6 is 0 Å². The van der Waals surface area contributed by atoms with Gasteiger partial charge >= 0.3 is 5.97 Å². The SMILES string of the molecule is CC1CCOC(=O)C1c1ccc(F)c(F)c1. The van der Waals surface area contributed by atoms with E-state index in [0.717, 1.165) is 18.6 Å². The summed E-state index contributed by atoms with van der Waals surface area (Å²) in [5.74, 6) is -2.58. The van der Waals surface area contributed by atoms with Crippen LogP contribution in [0.5, 0.6) is 0 Å². The second-order valence-electron chi connectivity index (χ2n) is 4.08. The van der Waals surface area contributed by atoms with Gasteiger partial charge in [-0.05, 0) is 30.0 Å². The largest absolute Gasteiger partial charge is 0.465 e. The van der Waals surface area contributed by atoms with Crippen LogP contribution in [0, 0.1) is 17.6 Å². The van der Waals surface area contributed by atoms with Gasteiger partial charge in [-0.2, -0.15) is 0 Å². The molecule has 4 heteroatoms. The molecule has 1 saturated heterocycles. The average molecular weight is 226 g/mol. The second kappa shape index (κ2) is 4.20. The summed E-state index contributed by atoms with van der Waals surface area (Å²) in [7, 11) is 0. The Balaban J connectivity index is 2.34. The van der Waals surface area contributed by atoms with Gasteiger partial charge in [-0.3, -0.25) is 4.79 Å². The highest BCUT2D eigenvalue weighted by molar-refractivity contribution is 5.79. The fourth-order valence-electron chi connectivity index (χ4n) is 2.00. The molecule has 2 atom stereocenters. The van der Waals surface area contributed by atoms with Crippen molar-refractivity contribution in [2.24, 2.45) is 5.92 Å². The van der Waals surface area contributed by atoms with Crippen LogP contribution in [0.25, 0.3) is 0 Å². The normalized spacial score (nSPS) is 25.3. The van der Waals surface area contributed by atoms with Crippen molar-refractivity contribution >= 4 is 5.97 Å². The maximum Gasteiger partial charge on any atom is 0.313 e. The maximum atomic E-state index is 13.1. The van der Waals surface area contributed by atoms with Gasteiger partial charge in [0.25, 0.3) is 0 Å². The molecule has 0 bridgehead atoms.